The third-order valence-corrected chi connectivity index (χ3v) is 3.53. The van der Waals surface area contributed by atoms with Crippen molar-refractivity contribution in [1.82, 2.24) is 19.9 Å². The highest BCUT2D eigenvalue weighted by molar-refractivity contribution is 5.51. The van der Waals surface area contributed by atoms with Gasteiger partial charge in [0.1, 0.15) is 0 Å². The molecule has 2 aromatic heterocycles. The molecule has 0 bridgehead atoms. The fourth-order valence-corrected chi connectivity index (χ4v) is 1.41. The normalized spacial score (nSPS) is 13.0. The van der Waals surface area contributed by atoms with Crippen LogP contribution in [0.5, 0.6) is 0 Å². The van der Waals surface area contributed by atoms with Gasteiger partial charge in [-0.2, -0.15) is 10.1 Å². The molecule has 2 heterocycles. The number of aryl methyl sites for hydroxylation is 1. The Morgan fingerprint density at radius 3 is 2.44 bits per heavy atom. The first kappa shape index (κ1) is 12.8. The maximum atomic E-state index is 6.15. The molecule has 0 aliphatic heterocycles. The SMILES string of the molecule is Cn1cc(-c2noc(C(C)(C)C(C)(C)N)n2)cn1. The summed E-state index contributed by atoms with van der Waals surface area (Å²) in [4.78, 5) is 4.42. The van der Waals surface area contributed by atoms with E-state index in [0.717, 1.165) is 5.56 Å². The minimum atomic E-state index is -0.453. The predicted molar refractivity (Wildman–Crippen MR) is 67.8 cm³/mol. The van der Waals surface area contributed by atoms with Gasteiger partial charge in [-0.3, -0.25) is 4.68 Å². The smallest absolute Gasteiger partial charge is 0.234 e. The van der Waals surface area contributed by atoms with E-state index in [-0.39, 0.29) is 0 Å². The lowest BCUT2D eigenvalue weighted by Crippen LogP contribution is -2.50. The van der Waals surface area contributed by atoms with Crippen LogP contribution in [0.25, 0.3) is 11.4 Å². The number of rotatable bonds is 3. The molecule has 98 valence electrons. The second kappa shape index (κ2) is 3.91. The van der Waals surface area contributed by atoms with E-state index in [9.17, 15) is 0 Å². The average molecular weight is 249 g/mol. The van der Waals surface area contributed by atoms with Gasteiger partial charge in [0, 0.05) is 18.8 Å². The topological polar surface area (TPSA) is 82.8 Å². The molecule has 2 rings (SSSR count). The van der Waals surface area contributed by atoms with Crippen molar-refractivity contribution in [1.29, 1.82) is 0 Å². The van der Waals surface area contributed by atoms with Crippen molar-refractivity contribution in [2.45, 2.75) is 38.6 Å². The lowest BCUT2D eigenvalue weighted by Gasteiger charge is -2.34. The zero-order chi connectivity index (χ0) is 13.6. The van der Waals surface area contributed by atoms with Gasteiger partial charge in [0.15, 0.2) is 0 Å². The van der Waals surface area contributed by atoms with Crippen LogP contribution in [0.15, 0.2) is 16.9 Å². The van der Waals surface area contributed by atoms with Crippen molar-refractivity contribution in [3.05, 3.63) is 18.3 Å². The first-order valence-electron chi connectivity index (χ1n) is 5.84. The molecule has 6 nitrogen and oxygen atoms in total. The number of nitrogens with zero attached hydrogens (tertiary/aromatic N) is 4. The predicted octanol–water partition coefficient (Wildman–Crippen LogP) is 1.48. The molecule has 0 radical (unpaired) electrons. The third kappa shape index (κ3) is 2.03. The van der Waals surface area contributed by atoms with Crippen molar-refractivity contribution in [2.75, 3.05) is 0 Å². The van der Waals surface area contributed by atoms with E-state index in [1.807, 2.05) is 40.9 Å². The molecular formula is C12H19N5O. The lowest BCUT2D eigenvalue weighted by atomic mass is 9.75. The van der Waals surface area contributed by atoms with Crippen molar-refractivity contribution in [3.8, 4) is 11.4 Å². The van der Waals surface area contributed by atoms with E-state index in [2.05, 4.69) is 15.2 Å². The summed E-state index contributed by atoms with van der Waals surface area (Å²) in [6, 6.07) is 0. The number of aromatic nitrogens is 4. The summed E-state index contributed by atoms with van der Waals surface area (Å²) in [5.74, 6) is 1.07. The monoisotopic (exact) mass is 249 g/mol. The Bertz CT molecular complexity index is 547. The molecule has 0 aromatic carbocycles. The van der Waals surface area contributed by atoms with Crippen molar-refractivity contribution in [2.24, 2.45) is 12.8 Å². The van der Waals surface area contributed by atoms with Gasteiger partial charge in [0.25, 0.3) is 0 Å². The largest absolute Gasteiger partial charge is 0.338 e. The van der Waals surface area contributed by atoms with Gasteiger partial charge < -0.3 is 10.3 Å². The standard InChI is InChI=1S/C12H19N5O/c1-11(2,12(3,4)13)10-15-9(16-18-10)8-6-14-17(5)7-8/h6-7H,13H2,1-5H3. The second-order valence-corrected chi connectivity index (χ2v) is 5.67. The Labute approximate surface area is 106 Å². The molecule has 0 saturated heterocycles. The molecule has 2 aromatic rings. The molecule has 0 aliphatic carbocycles. The van der Waals surface area contributed by atoms with Gasteiger partial charge in [-0.05, 0) is 27.7 Å². The zero-order valence-corrected chi connectivity index (χ0v) is 11.4. The molecule has 2 N–H and O–H groups in total. The molecule has 0 aliphatic rings. The van der Waals surface area contributed by atoms with E-state index < -0.39 is 11.0 Å². The zero-order valence-electron chi connectivity index (χ0n) is 11.4. The summed E-state index contributed by atoms with van der Waals surface area (Å²) in [6.07, 6.45) is 3.55. The summed E-state index contributed by atoms with van der Waals surface area (Å²) in [5.41, 5.74) is 6.13. The molecule has 18 heavy (non-hydrogen) atoms. The summed E-state index contributed by atoms with van der Waals surface area (Å²) >= 11 is 0. The summed E-state index contributed by atoms with van der Waals surface area (Å²) in [6.45, 7) is 7.88. The first-order chi connectivity index (χ1) is 8.22. The molecule has 0 unspecified atom stereocenters. The highest BCUT2D eigenvalue weighted by Gasteiger charge is 2.40. The van der Waals surface area contributed by atoms with Gasteiger partial charge in [0.05, 0.1) is 17.2 Å². The molecule has 0 saturated carbocycles. The Balaban J connectivity index is 2.37. The minimum absolute atomic E-state index is 0.402. The van der Waals surface area contributed by atoms with E-state index in [1.54, 1.807) is 10.9 Å². The molecule has 0 spiro atoms. The summed E-state index contributed by atoms with van der Waals surface area (Å²) in [7, 11) is 1.84. The quantitative estimate of drug-likeness (QED) is 0.891. The highest BCUT2D eigenvalue weighted by atomic mass is 16.5. The third-order valence-electron chi connectivity index (χ3n) is 3.53. The van der Waals surface area contributed by atoms with Gasteiger partial charge in [-0.25, -0.2) is 0 Å². The maximum Gasteiger partial charge on any atom is 0.234 e. The molecule has 0 amide bonds. The van der Waals surface area contributed by atoms with Crippen LogP contribution in [0.2, 0.25) is 0 Å². The van der Waals surface area contributed by atoms with Crippen LogP contribution in [0.4, 0.5) is 0 Å². The van der Waals surface area contributed by atoms with Crippen LogP contribution in [0, 0.1) is 0 Å². The van der Waals surface area contributed by atoms with Crippen molar-refractivity contribution < 1.29 is 4.52 Å². The average Bonchev–Trinajstić information content (AvgIpc) is 2.83. The molecular weight excluding hydrogens is 230 g/mol. The molecule has 0 atom stereocenters. The van der Waals surface area contributed by atoms with Crippen molar-refractivity contribution >= 4 is 0 Å². The Hall–Kier alpha value is -1.69. The van der Waals surface area contributed by atoms with Gasteiger partial charge in [-0.1, -0.05) is 5.16 Å². The Morgan fingerprint density at radius 2 is 1.94 bits per heavy atom. The number of nitrogens with two attached hydrogens (primary N) is 1. The molecule has 6 heteroatoms. The van der Waals surface area contributed by atoms with E-state index in [1.165, 1.54) is 0 Å². The second-order valence-electron chi connectivity index (χ2n) is 5.67. The van der Waals surface area contributed by atoms with Crippen LogP contribution < -0.4 is 5.73 Å². The van der Waals surface area contributed by atoms with Crippen LogP contribution in [-0.2, 0) is 12.5 Å². The van der Waals surface area contributed by atoms with Gasteiger partial charge in [-0.15, -0.1) is 0 Å². The molecule has 0 fully saturated rings. The summed E-state index contributed by atoms with van der Waals surface area (Å²) < 4.78 is 7.04. The van der Waals surface area contributed by atoms with Gasteiger partial charge >= 0.3 is 0 Å². The van der Waals surface area contributed by atoms with Gasteiger partial charge in [0.2, 0.25) is 11.7 Å². The highest BCUT2D eigenvalue weighted by Crippen LogP contribution is 2.32. The number of hydrogen-bond acceptors (Lipinski definition) is 5. The fraction of sp³-hybridized carbons (Fsp3) is 0.583. The van der Waals surface area contributed by atoms with Crippen molar-refractivity contribution in [3.63, 3.8) is 0 Å². The number of hydrogen-bond donors (Lipinski definition) is 1. The van der Waals surface area contributed by atoms with Crippen LogP contribution in [0.3, 0.4) is 0 Å². The van der Waals surface area contributed by atoms with E-state index in [4.69, 9.17) is 10.3 Å². The van der Waals surface area contributed by atoms with Crippen LogP contribution >= 0.6 is 0 Å². The fourth-order valence-electron chi connectivity index (χ4n) is 1.41. The minimum Gasteiger partial charge on any atom is -0.338 e. The Morgan fingerprint density at radius 1 is 1.28 bits per heavy atom. The van der Waals surface area contributed by atoms with E-state index >= 15 is 0 Å². The maximum absolute atomic E-state index is 6.15. The van der Waals surface area contributed by atoms with Crippen LogP contribution in [-0.4, -0.2) is 25.5 Å². The Kier molecular flexibility index (Phi) is 2.77. The summed E-state index contributed by atoms with van der Waals surface area (Å²) in [5, 5.41) is 8.07. The van der Waals surface area contributed by atoms with E-state index in [0.29, 0.717) is 11.7 Å². The lowest BCUT2D eigenvalue weighted by molar-refractivity contribution is 0.223. The van der Waals surface area contributed by atoms with Crippen LogP contribution in [0.1, 0.15) is 33.6 Å². The first-order valence-corrected chi connectivity index (χ1v) is 5.84.